The number of rotatable bonds is 5. The Morgan fingerprint density at radius 2 is 1.81 bits per heavy atom. The van der Waals surface area contributed by atoms with Crippen LogP contribution in [0.2, 0.25) is 0 Å². The van der Waals surface area contributed by atoms with Crippen molar-refractivity contribution in [3.05, 3.63) is 77.4 Å². The van der Waals surface area contributed by atoms with Crippen LogP contribution in [0.1, 0.15) is 24.1 Å². The first-order valence-electron chi connectivity index (χ1n) is 8.45. The predicted molar refractivity (Wildman–Crippen MR) is 107 cm³/mol. The van der Waals surface area contributed by atoms with Crippen molar-refractivity contribution in [1.82, 2.24) is 4.31 Å². The van der Waals surface area contributed by atoms with E-state index in [-0.39, 0.29) is 11.4 Å². The first kappa shape index (κ1) is 18.8. The monoisotopic (exact) mass is 387 g/mol. The number of thiocarbonyl (C=S) groups is 1. The van der Waals surface area contributed by atoms with Gasteiger partial charge in [-0.15, -0.1) is 0 Å². The number of aryl methyl sites for hydroxylation is 1. The third-order valence-electron chi connectivity index (χ3n) is 4.33. The molecule has 1 unspecified atom stereocenters. The summed E-state index contributed by atoms with van der Waals surface area (Å²) in [5, 5.41) is 0.350. The van der Waals surface area contributed by atoms with Crippen molar-refractivity contribution in [3.8, 4) is 0 Å². The highest BCUT2D eigenvalue weighted by atomic mass is 32.2. The van der Waals surface area contributed by atoms with Gasteiger partial charge >= 0.3 is 0 Å². The van der Waals surface area contributed by atoms with E-state index >= 15 is 0 Å². The molecule has 26 heavy (non-hydrogen) atoms. The fourth-order valence-corrected chi connectivity index (χ4v) is 4.88. The van der Waals surface area contributed by atoms with Crippen LogP contribution in [0.15, 0.2) is 71.1 Å². The topological polar surface area (TPSA) is 46.6 Å². The highest BCUT2D eigenvalue weighted by Crippen LogP contribution is 2.38. The van der Waals surface area contributed by atoms with E-state index in [2.05, 4.69) is 0 Å². The Balaban J connectivity index is 2.03. The molecule has 0 aliphatic carbocycles. The van der Waals surface area contributed by atoms with Gasteiger partial charge in [-0.05, 0) is 43.8 Å². The smallest absolute Gasteiger partial charge is 0.244 e. The summed E-state index contributed by atoms with van der Waals surface area (Å²) < 4.78 is 33.5. The van der Waals surface area contributed by atoms with Crippen molar-refractivity contribution >= 4 is 27.3 Å². The molecule has 3 rings (SSSR count). The van der Waals surface area contributed by atoms with Crippen LogP contribution in [0.3, 0.4) is 0 Å². The molecule has 0 fully saturated rings. The van der Waals surface area contributed by atoms with Crippen molar-refractivity contribution in [2.24, 2.45) is 0 Å². The summed E-state index contributed by atoms with van der Waals surface area (Å²) in [6.07, 6.45) is 1.85. The maximum atomic E-state index is 13.3. The molecule has 0 saturated heterocycles. The minimum atomic E-state index is -3.67. The lowest BCUT2D eigenvalue weighted by molar-refractivity contribution is 0.330. The molecular formula is C20H21NO3S2. The second kappa shape index (κ2) is 7.70. The molecule has 1 aliphatic heterocycles. The Hall–Kier alpha value is -2.02. The van der Waals surface area contributed by atoms with Gasteiger partial charge < -0.3 is 4.74 Å². The van der Waals surface area contributed by atoms with Gasteiger partial charge in [0.15, 0.2) is 5.05 Å². The van der Waals surface area contributed by atoms with Gasteiger partial charge in [0.25, 0.3) is 0 Å². The van der Waals surface area contributed by atoms with E-state index < -0.39 is 16.1 Å². The average molecular weight is 388 g/mol. The molecule has 1 atom stereocenters. The molecule has 2 aromatic rings. The average Bonchev–Trinajstić information content (AvgIpc) is 3.09. The minimum absolute atomic E-state index is 0.262. The van der Waals surface area contributed by atoms with Crippen molar-refractivity contribution in [1.29, 1.82) is 0 Å². The van der Waals surface area contributed by atoms with Crippen LogP contribution in [-0.2, 0) is 14.8 Å². The fourth-order valence-electron chi connectivity index (χ4n) is 3.03. The van der Waals surface area contributed by atoms with Crippen molar-refractivity contribution in [2.45, 2.75) is 24.8 Å². The van der Waals surface area contributed by atoms with E-state index in [1.807, 2.05) is 50.3 Å². The first-order chi connectivity index (χ1) is 12.4. The molecule has 0 N–H and O–H groups in total. The SMILES string of the molecule is CCOC(=S)C1=CCN(S(=O)(=O)c2ccc(C)cc2)C1c1ccccc1. The molecule has 0 bridgehead atoms. The second-order valence-corrected chi connectivity index (χ2v) is 8.34. The normalized spacial score (nSPS) is 17.8. The van der Waals surface area contributed by atoms with Gasteiger partial charge in [-0.2, -0.15) is 4.31 Å². The largest absolute Gasteiger partial charge is 0.483 e. The number of benzene rings is 2. The van der Waals surface area contributed by atoms with Crippen LogP contribution in [0.5, 0.6) is 0 Å². The van der Waals surface area contributed by atoms with E-state index in [9.17, 15) is 8.42 Å². The summed E-state index contributed by atoms with van der Waals surface area (Å²) in [7, 11) is -3.67. The van der Waals surface area contributed by atoms with Crippen LogP contribution < -0.4 is 0 Å². The highest BCUT2D eigenvalue weighted by Gasteiger charge is 2.39. The number of sulfonamides is 1. The van der Waals surface area contributed by atoms with Crippen molar-refractivity contribution < 1.29 is 13.2 Å². The molecule has 136 valence electrons. The molecule has 0 spiro atoms. The fraction of sp³-hybridized carbons (Fsp3) is 0.250. The molecule has 0 aromatic heterocycles. The lowest BCUT2D eigenvalue weighted by Gasteiger charge is -2.27. The molecule has 4 nitrogen and oxygen atoms in total. The van der Waals surface area contributed by atoms with E-state index in [4.69, 9.17) is 17.0 Å². The van der Waals surface area contributed by atoms with Crippen molar-refractivity contribution in [2.75, 3.05) is 13.2 Å². The van der Waals surface area contributed by atoms with Crippen LogP contribution in [0.4, 0.5) is 0 Å². The third-order valence-corrected chi connectivity index (χ3v) is 6.53. The number of nitrogens with zero attached hydrogens (tertiary/aromatic N) is 1. The van der Waals surface area contributed by atoms with Crippen LogP contribution in [-0.4, -0.2) is 30.9 Å². The molecule has 2 aromatic carbocycles. The summed E-state index contributed by atoms with van der Waals surface area (Å²) in [5.41, 5.74) is 2.61. The highest BCUT2D eigenvalue weighted by molar-refractivity contribution is 7.89. The van der Waals surface area contributed by atoms with Gasteiger partial charge in [-0.3, -0.25) is 0 Å². The predicted octanol–water partition coefficient (Wildman–Crippen LogP) is 4.03. The quantitative estimate of drug-likeness (QED) is 0.727. The maximum Gasteiger partial charge on any atom is 0.244 e. The molecule has 1 aliphatic rings. The summed E-state index contributed by atoms with van der Waals surface area (Å²) in [6, 6.07) is 15.9. The second-order valence-electron chi connectivity index (χ2n) is 6.08. The zero-order valence-electron chi connectivity index (χ0n) is 14.8. The van der Waals surface area contributed by atoms with Gasteiger partial charge in [0.05, 0.1) is 17.5 Å². The summed E-state index contributed by atoms with van der Waals surface area (Å²) in [5.74, 6) is 0. The molecule has 0 saturated carbocycles. The Kier molecular flexibility index (Phi) is 5.55. The van der Waals surface area contributed by atoms with Crippen LogP contribution in [0.25, 0.3) is 0 Å². The summed E-state index contributed by atoms with van der Waals surface area (Å²) in [6.45, 7) is 4.50. The van der Waals surface area contributed by atoms with E-state index in [1.54, 1.807) is 24.3 Å². The Morgan fingerprint density at radius 1 is 1.15 bits per heavy atom. The van der Waals surface area contributed by atoms with Gasteiger partial charge in [-0.1, -0.05) is 54.1 Å². The third kappa shape index (κ3) is 3.58. The standard InChI is InChI=1S/C20H21NO3S2/c1-3-24-20(25)18-13-14-21(19(18)16-7-5-4-6-8-16)26(22,23)17-11-9-15(2)10-12-17/h4-13,19H,3,14H2,1-2H3. The first-order valence-corrected chi connectivity index (χ1v) is 10.3. The van der Waals surface area contributed by atoms with E-state index in [1.165, 1.54) is 4.31 Å². The van der Waals surface area contributed by atoms with Crippen molar-refractivity contribution in [3.63, 3.8) is 0 Å². The van der Waals surface area contributed by atoms with Crippen LogP contribution in [0, 0.1) is 6.92 Å². The van der Waals surface area contributed by atoms with E-state index in [0.717, 1.165) is 16.7 Å². The minimum Gasteiger partial charge on any atom is -0.483 e. The summed E-state index contributed by atoms with van der Waals surface area (Å²) >= 11 is 5.39. The molecule has 0 amide bonds. The lowest BCUT2D eigenvalue weighted by atomic mass is 10.0. The number of hydrogen-bond donors (Lipinski definition) is 0. The van der Waals surface area contributed by atoms with Gasteiger partial charge in [0, 0.05) is 12.1 Å². The lowest BCUT2D eigenvalue weighted by Crippen LogP contribution is -2.33. The Labute approximate surface area is 160 Å². The van der Waals surface area contributed by atoms with Gasteiger partial charge in [0.1, 0.15) is 0 Å². The zero-order valence-corrected chi connectivity index (χ0v) is 16.4. The van der Waals surface area contributed by atoms with Crippen LogP contribution >= 0.6 is 12.2 Å². The zero-order chi connectivity index (χ0) is 18.7. The van der Waals surface area contributed by atoms with Gasteiger partial charge in [0.2, 0.25) is 10.0 Å². The number of hydrogen-bond acceptors (Lipinski definition) is 4. The molecule has 6 heteroatoms. The molecule has 0 radical (unpaired) electrons. The molecular weight excluding hydrogens is 366 g/mol. The maximum absolute atomic E-state index is 13.3. The molecule has 1 heterocycles. The Bertz CT molecular complexity index is 919. The number of ether oxygens (including phenoxy) is 1. The van der Waals surface area contributed by atoms with Gasteiger partial charge in [-0.25, -0.2) is 8.42 Å². The summed E-state index contributed by atoms with van der Waals surface area (Å²) in [4.78, 5) is 0.279. The Morgan fingerprint density at radius 3 is 2.42 bits per heavy atom. The van der Waals surface area contributed by atoms with E-state index in [0.29, 0.717) is 11.7 Å².